The summed E-state index contributed by atoms with van der Waals surface area (Å²) in [5.41, 5.74) is 3.52. The van der Waals surface area contributed by atoms with Crippen LogP contribution in [-0.4, -0.2) is 11.6 Å². The van der Waals surface area contributed by atoms with E-state index in [1.165, 1.54) is 10.6 Å². The van der Waals surface area contributed by atoms with Gasteiger partial charge in [0.05, 0.1) is 23.9 Å². The maximum atomic E-state index is 5.51. The van der Waals surface area contributed by atoms with E-state index in [1.54, 1.807) is 11.3 Å². The Labute approximate surface area is 131 Å². The molecule has 0 saturated heterocycles. The average molecular weight is 304 g/mol. The number of ether oxygens (including phenoxy) is 1. The Hall–Kier alpha value is -1.39. The Balaban J connectivity index is 2.01. The number of benzene rings is 1. The first kappa shape index (κ1) is 16.0. The van der Waals surface area contributed by atoms with Crippen LogP contribution in [0.4, 0.5) is 5.69 Å². The molecule has 0 aliphatic carbocycles. The highest BCUT2D eigenvalue weighted by Gasteiger charge is 2.17. The zero-order chi connectivity index (χ0) is 15.3. The Morgan fingerprint density at radius 1 is 1.24 bits per heavy atom. The third-order valence-corrected chi connectivity index (χ3v) is 4.45. The highest BCUT2D eigenvalue weighted by molar-refractivity contribution is 7.09. The Bertz CT molecular complexity index is 572. The van der Waals surface area contributed by atoms with Crippen molar-refractivity contribution in [2.75, 3.05) is 11.9 Å². The summed E-state index contributed by atoms with van der Waals surface area (Å²) in [4.78, 5) is 4.71. The molecule has 0 aliphatic heterocycles. The van der Waals surface area contributed by atoms with Crippen molar-refractivity contribution in [3.05, 3.63) is 45.9 Å². The quantitative estimate of drug-likeness (QED) is 0.847. The van der Waals surface area contributed by atoms with E-state index in [4.69, 9.17) is 9.72 Å². The monoisotopic (exact) mass is 304 g/mol. The average Bonchev–Trinajstić information content (AvgIpc) is 2.92. The minimum Gasteiger partial charge on any atom is -0.379 e. The van der Waals surface area contributed by atoms with E-state index in [-0.39, 0.29) is 5.41 Å². The van der Waals surface area contributed by atoms with Gasteiger partial charge >= 0.3 is 0 Å². The highest BCUT2D eigenvalue weighted by Crippen LogP contribution is 2.26. The summed E-state index contributed by atoms with van der Waals surface area (Å²) in [5, 5.41) is 6.79. The van der Waals surface area contributed by atoms with Crippen molar-refractivity contribution in [2.45, 2.75) is 46.3 Å². The van der Waals surface area contributed by atoms with Crippen LogP contribution in [0.2, 0.25) is 0 Å². The fraction of sp³-hybridized carbons (Fsp3) is 0.471. The molecule has 2 rings (SSSR count). The Morgan fingerprint density at radius 2 is 2.00 bits per heavy atom. The van der Waals surface area contributed by atoms with E-state index >= 15 is 0 Å². The molecular weight excluding hydrogens is 280 g/mol. The SMILES string of the molecule is CCOCc1ccccc1NCc1csc(C(C)(C)C)n1. The Kier molecular flexibility index (Phi) is 5.37. The smallest absolute Gasteiger partial charge is 0.0982 e. The van der Waals surface area contributed by atoms with Gasteiger partial charge in [-0.15, -0.1) is 11.3 Å². The predicted octanol–water partition coefficient (Wildman–Crippen LogP) is 4.59. The van der Waals surface area contributed by atoms with Crippen LogP contribution >= 0.6 is 11.3 Å². The number of hydrogen-bond donors (Lipinski definition) is 1. The van der Waals surface area contributed by atoms with Crippen LogP contribution in [0.5, 0.6) is 0 Å². The van der Waals surface area contributed by atoms with Crippen molar-refractivity contribution in [1.29, 1.82) is 0 Å². The topological polar surface area (TPSA) is 34.1 Å². The van der Waals surface area contributed by atoms with Gasteiger partial charge in [0.1, 0.15) is 0 Å². The number of hydrogen-bond acceptors (Lipinski definition) is 4. The molecule has 0 saturated carbocycles. The van der Waals surface area contributed by atoms with Crippen molar-refractivity contribution >= 4 is 17.0 Å². The van der Waals surface area contributed by atoms with Gasteiger partial charge in [-0.1, -0.05) is 39.0 Å². The molecule has 0 bridgehead atoms. The molecule has 0 atom stereocenters. The summed E-state index contributed by atoms with van der Waals surface area (Å²) in [6.45, 7) is 10.7. The number of para-hydroxylation sites is 1. The molecule has 0 amide bonds. The van der Waals surface area contributed by atoms with Gasteiger partial charge in [0.25, 0.3) is 0 Å². The lowest BCUT2D eigenvalue weighted by molar-refractivity contribution is 0.134. The summed E-state index contributed by atoms with van der Waals surface area (Å²) < 4.78 is 5.51. The lowest BCUT2D eigenvalue weighted by Gasteiger charge is -2.14. The van der Waals surface area contributed by atoms with Gasteiger partial charge in [-0.2, -0.15) is 0 Å². The number of rotatable bonds is 6. The molecule has 1 heterocycles. The van der Waals surface area contributed by atoms with Gasteiger partial charge in [-0.25, -0.2) is 4.98 Å². The minimum atomic E-state index is 0.121. The van der Waals surface area contributed by atoms with Gasteiger partial charge in [-0.05, 0) is 13.0 Å². The second-order valence-corrected chi connectivity index (χ2v) is 6.90. The van der Waals surface area contributed by atoms with Gasteiger partial charge in [0.2, 0.25) is 0 Å². The van der Waals surface area contributed by atoms with Crippen LogP contribution in [0.1, 0.15) is 44.0 Å². The number of aromatic nitrogens is 1. The zero-order valence-electron chi connectivity index (χ0n) is 13.3. The summed E-state index contributed by atoms with van der Waals surface area (Å²) >= 11 is 1.73. The van der Waals surface area contributed by atoms with E-state index in [9.17, 15) is 0 Å². The molecule has 1 N–H and O–H groups in total. The molecule has 2 aromatic rings. The second kappa shape index (κ2) is 7.05. The summed E-state index contributed by atoms with van der Waals surface area (Å²) in [6.07, 6.45) is 0. The molecule has 114 valence electrons. The number of nitrogens with zero attached hydrogens (tertiary/aromatic N) is 1. The fourth-order valence-corrected chi connectivity index (χ4v) is 2.86. The molecule has 3 nitrogen and oxygen atoms in total. The van der Waals surface area contributed by atoms with Crippen molar-refractivity contribution in [3.63, 3.8) is 0 Å². The summed E-state index contributed by atoms with van der Waals surface area (Å²) in [6, 6.07) is 8.27. The fourth-order valence-electron chi connectivity index (χ4n) is 1.95. The predicted molar refractivity (Wildman–Crippen MR) is 89.9 cm³/mol. The third kappa shape index (κ3) is 4.55. The first-order chi connectivity index (χ1) is 10.0. The number of anilines is 1. The standard InChI is InChI=1S/C17H24N2OS/c1-5-20-11-13-8-6-7-9-15(13)18-10-14-12-21-16(19-14)17(2,3)4/h6-9,12,18H,5,10-11H2,1-4H3. The molecule has 0 unspecified atom stereocenters. The maximum absolute atomic E-state index is 5.51. The second-order valence-electron chi connectivity index (χ2n) is 6.04. The van der Waals surface area contributed by atoms with Gasteiger partial charge < -0.3 is 10.1 Å². The van der Waals surface area contributed by atoms with Crippen LogP contribution in [0.15, 0.2) is 29.6 Å². The van der Waals surface area contributed by atoms with Crippen molar-refractivity contribution in [1.82, 2.24) is 4.98 Å². The zero-order valence-corrected chi connectivity index (χ0v) is 14.1. The van der Waals surface area contributed by atoms with Crippen molar-refractivity contribution < 1.29 is 4.74 Å². The first-order valence-corrected chi connectivity index (χ1v) is 8.23. The van der Waals surface area contributed by atoms with Crippen molar-refractivity contribution in [3.8, 4) is 0 Å². The third-order valence-electron chi connectivity index (χ3n) is 3.13. The molecule has 21 heavy (non-hydrogen) atoms. The van der Waals surface area contributed by atoms with Gasteiger partial charge in [-0.3, -0.25) is 0 Å². The molecule has 0 radical (unpaired) electrons. The molecule has 1 aromatic carbocycles. The molecule has 0 spiro atoms. The van der Waals surface area contributed by atoms with Crippen molar-refractivity contribution in [2.24, 2.45) is 0 Å². The summed E-state index contributed by atoms with van der Waals surface area (Å²) in [5.74, 6) is 0. The Morgan fingerprint density at radius 3 is 2.67 bits per heavy atom. The number of thiazole rings is 1. The normalized spacial score (nSPS) is 11.6. The van der Waals surface area contributed by atoms with E-state index < -0.39 is 0 Å². The van der Waals surface area contributed by atoms with Crippen LogP contribution in [0.3, 0.4) is 0 Å². The minimum absolute atomic E-state index is 0.121. The van der Waals surface area contributed by atoms with Crippen LogP contribution in [-0.2, 0) is 23.3 Å². The van der Waals surface area contributed by atoms with Gasteiger partial charge in [0, 0.05) is 28.7 Å². The van der Waals surface area contributed by atoms with Crippen LogP contribution in [0.25, 0.3) is 0 Å². The maximum Gasteiger partial charge on any atom is 0.0982 e. The highest BCUT2D eigenvalue weighted by atomic mass is 32.1. The molecule has 0 fully saturated rings. The van der Waals surface area contributed by atoms with E-state index in [2.05, 4.69) is 43.6 Å². The number of nitrogens with one attached hydrogen (secondary N) is 1. The van der Waals surface area contributed by atoms with E-state index in [0.29, 0.717) is 6.61 Å². The molecular formula is C17H24N2OS. The van der Waals surface area contributed by atoms with E-state index in [0.717, 1.165) is 24.5 Å². The largest absolute Gasteiger partial charge is 0.379 e. The summed E-state index contributed by atoms with van der Waals surface area (Å²) in [7, 11) is 0. The first-order valence-electron chi connectivity index (χ1n) is 7.35. The van der Waals surface area contributed by atoms with Crippen LogP contribution < -0.4 is 5.32 Å². The lowest BCUT2D eigenvalue weighted by atomic mass is 9.98. The molecule has 1 aromatic heterocycles. The molecule has 4 heteroatoms. The molecule has 0 aliphatic rings. The van der Waals surface area contributed by atoms with Crippen LogP contribution in [0, 0.1) is 0 Å². The lowest BCUT2D eigenvalue weighted by Crippen LogP contribution is -2.11. The van der Waals surface area contributed by atoms with E-state index in [1.807, 2.05) is 19.1 Å². The van der Waals surface area contributed by atoms with Gasteiger partial charge in [0.15, 0.2) is 0 Å².